The van der Waals surface area contributed by atoms with Crippen LogP contribution in [0.5, 0.6) is 5.75 Å². The van der Waals surface area contributed by atoms with Gasteiger partial charge in [-0.05, 0) is 44.5 Å². The molecule has 1 rings (SSSR count). The zero-order chi connectivity index (χ0) is 15.0. The van der Waals surface area contributed by atoms with Gasteiger partial charge in [-0.25, -0.2) is 0 Å². The Balaban J connectivity index is 2.58. The molecular formula is C16H26N2O2. The Kier molecular flexibility index (Phi) is 7.09. The summed E-state index contributed by atoms with van der Waals surface area (Å²) in [4.78, 5) is 12.0. The molecule has 1 atom stereocenters. The molecule has 20 heavy (non-hydrogen) atoms. The summed E-state index contributed by atoms with van der Waals surface area (Å²) < 4.78 is 5.71. The zero-order valence-corrected chi connectivity index (χ0v) is 12.9. The number of rotatable bonds is 8. The van der Waals surface area contributed by atoms with Gasteiger partial charge in [0.2, 0.25) is 0 Å². The maximum atomic E-state index is 12.0. The van der Waals surface area contributed by atoms with Crippen molar-refractivity contribution in [1.29, 1.82) is 0 Å². The van der Waals surface area contributed by atoms with Crippen molar-refractivity contribution in [3.8, 4) is 5.75 Å². The Morgan fingerprint density at radius 1 is 1.30 bits per heavy atom. The van der Waals surface area contributed by atoms with Crippen LogP contribution in [0.4, 0.5) is 0 Å². The van der Waals surface area contributed by atoms with Gasteiger partial charge in [0.15, 0.2) is 6.10 Å². The molecule has 1 amide bonds. The lowest BCUT2D eigenvalue weighted by Gasteiger charge is -2.19. The number of carbonyl (C=O) groups excluding carboxylic acids is 1. The minimum Gasteiger partial charge on any atom is -0.481 e. The van der Waals surface area contributed by atoms with Crippen molar-refractivity contribution in [2.75, 3.05) is 7.05 Å². The fourth-order valence-corrected chi connectivity index (χ4v) is 2.00. The first-order valence-corrected chi connectivity index (χ1v) is 7.31. The molecule has 0 aromatic heterocycles. The predicted molar refractivity (Wildman–Crippen MR) is 81.8 cm³/mol. The van der Waals surface area contributed by atoms with Crippen LogP contribution in [0.15, 0.2) is 24.3 Å². The highest BCUT2D eigenvalue weighted by Gasteiger charge is 2.17. The van der Waals surface area contributed by atoms with Gasteiger partial charge in [0.1, 0.15) is 5.75 Å². The van der Waals surface area contributed by atoms with Crippen LogP contribution in [-0.2, 0) is 11.3 Å². The minimum atomic E-state index is -0.486. The molecule has 4 nitrogen and oxygen atoms in total. The first-order chi connectivity index (χ1) is 9.60. The van der Waals surface area contributed by atoms with Gasteiger partial charge in [0.05, 0.1) is 0 Å². The summed E-state index contributed by atoms with van der Waals surface area (Å²) >= 11 is 0. The third-order valence-corrected chi connectivity index (χ3v) is 3.29. The van der Waals surface area contributed by atoms with Crippen LogP contribution in [0.2, 0.25) is 0 Å². The molecule has 0 aliphatic carbocycles. The molecule has 0 fully saturated rings. The van der Waals surface area contributed by atoms with Gasteiger partial charge in [-0.3, -0.25) is 4.79 Å². The van der Waals surface area contributed by atoms with E-state index in [1.807, 2.05) is 31.3 Å². The number of amides is 1. The molecule has 1 aromatic carbocycles. The van der Waals surface area contributed by atoms with Crippen molar-refractivity contribution in [2.45, 2.75) is 52.3 Å². The van der Waals surface area contributed by atoms with E-state index in [0.717, 1.165) is 30.7 Å². The van der Waals surface area contributed by atoms with Crippen molar-refractivity contribution >= 4 is 5.91 Å². The summed E-state index contributed by atoms with van der Waals surface area (Å²) in [6.07, 6.45) is 1.39. The van der Waals surface area contributed by atoms with E-state index in [0.29, 0.717) is 0 Å². The van der Waals surface area contributed by atoms with Crippen molar-refractivity contribution in [1.82, 2.24) is 10.6 Å². The smallest absolute Gasteiger partial charge is 0.260 e. The van der Waals surface area contributed by atoms with Crippen LogP contribution in [-0.4, -0.2) is 25.1 Å². The fourth-order valence-electron chi connectivity index (χ4n) is 2.00. The van der Waals surface area contributed by atoms with Crippen molar-refractivity contribution < 1.29 is 9.53 Å². The van der Waals surface area contributed by atoms with Crippen LogP contribution in [0, 0.1) is 0 Å². The normalized spacial score (nSPS) is 12.2. The van der Waals surface area contributed by atoms with Gasteiger partial charge < -0.3 is 15.4 Å². The van der Waals surface area contributed by atoms with Gasteiger partial charge in [-0.2, -0.15) is 0 Å². The van der Waals surface area contributed by atoms with E-state index >= 15 is 0 Å². The van der Waals surface area contributed by atoms with Gasteiger partial charge in [-0.15, -0.1) is 0 Å². The largest absolute Gasteiger partial charge is 0.481 e. The van der Waals surface area contributed by atoms with E-state index in [2.05, 4.69) is 24.5 Å². The van der Waals surface area contributed by atoms with Crippen molar-refractivity contribution in [3.05, 3.63) is 29.8 Å². The monoisotopic (exact) mass is 278 g/mol. The van der Waals surface area contributed by atoms with Gasteiger partial charge in [-0.1, -0.05) is 26.0 Å². The fraction of sp³-hybridized carbons (Fsp3) is 0.562. The van der Waals surface area contributed by atoms with Crippen LogP contribution in [0.3, 0.4) is 0 Å². The van der Waals surface area contributed by atoms with Crippen LogP contribution >= 0.6 is 0 Å². The zero-order valence-electron chi connectivity index (χ0n) is 12.9. The number of nitrogens with one attached hydrogen (secondary N) is 2. The SMILES string of the molecule is CCC(CC)NC(=O)C(C)Oc1cccc(CNC)c1. The highest BCUT2D eigenvalue weighted by Crippen LogP contribution is 2.15. The summed E-state index contributed by atoms with van der Waals surface area (Å²) in [5.41, 5.74) is 1.14. The van der Waals surface area contributed by atoms with Gasteiger partial charge in [0, 0.05) is 12.6 Å². The first-order valence-electron chi connectivity index (χ1n) is 7.31. The molecule has 0 heterocycles. The number of ether oxygens (including phenoxy) is 1. The standard InChI is InChI=1S/C16H26N2O2/c1-5-14(6-2)18-16(19)12(3)20-15-9-7-8-13(10-15)11-17-4/h7-10,12,14,17H,5-6,11H2,1-4H3,(H,18,19). The topological polar surface area (TPSA) is 50.4 Å². The molecule has 0 radical (unpaired) electrons. The third-order valence-electron chi connectivity index (χ3n) is 3.29. The molecule has 0 aliphatic rings. The second-order valence-corrected chi connectivity index (χ2v) is 4.96. The lowest BCUT2D eigenvalue weighted by atomic mass is 10.1. The Labute approximate surface area is 121 Å². The number of hydrogen-bond donors (Lipinski definition) is 2. The molecule has 0 bridgehead atoms. The molecule has 112 valence electrons. The van der Waals surface area contributed by atoms with Crippen LogP contribution in [0.25, 0.3) is 0 Å². The summed E-state index contributed by atoms with van der Waals surface area (Å²) in [7, 11) is 1.90. The van der Waals surface area contributed by atoms with Crippen LogP contribution < -0.4 is 15.4 Å². The predicted octanol–water partition coefficient (Wildman–Crippen LogP) is 2.48. The highest BCUT2D eigenvalue weighted by atomic mass is 16.5. The van der Waals surface area contributed by atoms with Crippen molar-refractivity contribution in [3.63, 3.8) is 0 Å². The molecule has 0 aliphatic heterocycles. The Morgan fingerprint density at radius 2 is 2.00 bits per heavy atom. The molecule has 1 unspecified atom stereocenters. The van der Waals surface area contributed by atoms with Gasteiger partial charge in [0.25, 0.3) is 5.91 Å². The molecule has 0 saturated heterocycles. The van der Waals surface area contributed by atoms with E-state index in [1.165, 1.54) is 0 Å². The maximum Gasteiger partial charge on any atom is 0.260 e. The highest BCUT2D eigenvalue weighted by molar-refractivity contribution is 5.81. The quantitative estimate of drug-likeness (QED) is 0.768. The summed E-state index contributed by atoms with van der Waals surface area (Å²) in [6.45, 7) is 6.70. The molecule has 0 spiro atoms. The minimum absolute atomic E-state index is 0.0577. The van der Waals surface area contributed by atoms with Gasteiger partial charge >= 0.3 is 0 Å². The Hall–Kier alpha value is -1.55. The molecule has 1 aromatic rings. The number of carbonyl (C=O) groups is 1. The molecule has 2 N–H and O–H groups in total. The van der Waals surface area contributed by atoms with E-state index < -0.39 is 6.10 Å². The summed E-state index contributed by atoms with van der Waals surface area (Å²) in [5, 5.41) is 6.09. The van der Waals surface area contributed by atoms with Crippen LogP contribution in [0.1, 0.15) is 39.2 Å². The first kappa shape index (κ1) is 16.5. The summed E-state index contributed by atoms with van der Waals surface area (Å²) in [5.74, 6) is 0.669. The molecule has 0 saturated carbocycles. The average molecular weight is 278 g/mol. The average Bonchev–Trinajstić information content (AvgIpc) is 2.45. The second kappa shape index (κ2) is 8.59. The Bertz CT molecular complexity index is 417. The second-order valence-electron chi connectivity index (χ2n) is 4.96. The van der Waals surface area contributed by atoms with Crippen molar-refractivity contribution in [2.24, 2.45) is 0 Å². The number of hydrogen-bond acceptors (Lipinski definition) is 3. The van der Waals surface area contributed by atoms with E-state index in [4.69, 9.17) is 4.74 Å². The lowest BCUT2D eigenvalue weighted by molar-refractivity contribution is -0.128. The lowest BCUT2D eigenvalue weighted by Crippen LogP contribution is -2.42. The Morgan fingerprint density at radius 3 is 2.60 bits per heavy atom. The summed E-state index contributed by atoms with van der Waals surface area (Å²) in [6, 6.07) is 8.02. The maximum absolute atomic E-state index is 12.0. The van der Waals surface area contributed by atoms with E-state index in [-0.39, 0.29) is 11.9 Å². The third kappa shape index (κ3) is 5.21. The van der Waals surface area contributed by atoms with E-state index in [9.17, 15) is 4.79 Å². The number of benzene rings is 1. The molecule has 4 heteroatoms. The molecular weight excluding hydrogens is 252 g/mol. The van der Waals surface area contributed by atoms with E-state index in [1.54, 1.807) is 6.92 Å².